The summed E-state index contributed by atoms with van der Waals surface area (Å²) in [6.45, 7) is 4.07. The number of carboxylic acid groups (broad SMARTS) is 1. The lowest BCUT2D eigenvalue weighted by atomic mass is 10.1. The zero-order chi connectivity index (χ0) is 17.1. The fraction of sp³-hybridized carbons (Fsp3) is 0.579. The predicted molar refractivity (Wildman–Crippen MR) is 94.0 cm³/mol. The van der Waals surface area contributed by atoms with Crippen molar-refractivity contribution in [1.29, 1.82) is 0 Å². The highest BCUT2D eigenvalue weighted by Gasteiger charge is 2.09. The van der Waals surface area contributed by atoms with E-state index in [9.17, 15) is 9.59 Å². The molecule has 1 rings (SSSR count). The first kappa shape index (κ1) is 19.2. The summed E-state index contributed by atoms with van der Waals surface area (Å²) in [7, 11) is 0. The van der Waals surface area contributed by atoms with Gasteiger partial charge in [-0.05, 0) is 31.0 Å². The number of hydrogen-bond acceptors (Lipinski definition) is 2. The fourth-order valence-electron chi connectivity index (χ4n) is 2.52. The number of aromatic carboxylic acids is 1. The largest absolute Gasteiger partial charge is 0.478 e. The van der Waals surface area contributed by atoms with E-state index in [2.05, 4.69) is 12.2 Å². The van der Waals surface area contributed by atoms with E-state index in [0.29, 0.717) is 12.1 Å². The molecule has 2 N–H and O–H groups in total. The minimum Gasteiger partial charge on any atom is -0.478 e. The number of nitrogens with one attached hydrogen (secondary N) is 1. The van der Waals surface area contributed by atoms with E-state index in [1.807, 2.05) is 6.92 Å². The lowest BCUT2D eigenvalue weighted by Gasteiger charge is -2.09. The fourth-order valence-corrected chi connectivity index (χ4v) is 2.52. The average molecular weight is 319 g/mol. The van der Waals surface area contributed by atoms with Gasteiger partial charge in [-0.25, -0.2) is 4.79 Å². The first-order valence-corrected chi connectivity index (χ1v) is 8.68. The zero-order valence-corrected chi connectivity index (χ0v) is 14.4. The van der Waals surface area contributed by atoms with Crippen molar-refractivity contribution in [2.45, 2.75) is 71.6 Å². The van der Waals surface area contributed by atoms with Gasteiger partial charge in [-0.15, -0.1) is 0 Å². The summed E-state index contributed by atoms with van der Waals surface area (Å²) < 4.78 is 0. The Balaban J connectivity index is 2.26. The molecule has 0 aliphatic rings. The number of amides is 1. The van der Waals surface area contributed by atoms with Gasteiger partial charge in [-0.1, -0.05) is 57.9 Å². The maximum atomic E-state index is 12.0. The Morgan fingerprint density at radius 1 is 1.00 bits per heavy atom. The smallest absolute Gasteiger partial charge is 0.335 e. The lowest BCUT2D eigenvalue weighted by molar-refractivity contribution is -0.116. The predicted octanol–water partition coefficient (Wildman–Crippen LogP) is 5.16. The van der Waals surface area contributed by atoms with Crippen molar-refractivity contribution in [3.8, 4) is 0 Å². The molecule has 0 atom stereocenters. The molecule has 0 saturated heterocycles. The summed E-state index contributed by atoms with van der Waals surface area (Å²) in [5.41, 5.74) is 1.66. The first-order chi connectivity index (χ1) is 11.0. The van der Waals surface area contributed by atoms with Crippen LogP contribution in [0.15, 0.2) is 18.2 Å². The van der Waals surface area contributed by atoms with Crippen LogP contribution >= 0.6 is 0 Å². The molecule has 0 aromatic heterocycles. The Morgan fingerprint density at radius 2 is 1.61 bits per heavy atom. The number of carboxylic acids is 1. The normalized spacial score (nSPS) is 10.5. The van der Waals surface area contributed by atoms with E-state index >= 15 is 0 Å². The summed E-state index contributed by atoms with van der Waals surface area (Å²) in [5, 5.41) is 11.8. The van der Waals surface area contributed by atoms with Gasteiger partial charge in [0.05, 0.1) is 5.56 Å². The Morgan fingerprint density at radius 3 is 2.22 bits per heavy atom. The Labute approximate surface area is 139 Å². The van der Waals surface area contributed by atoms with E-state index in [1.54, 1.807) is 12.1 Å². The van der Waals surface area contributed by atoms with E-state index < -0.39 is 5.97 Å². The molecule has 1 amide bonds. The Kier molecular flexibility index (Phi) is 9.03. The van der Waals surface area contributed by atoms with Gasteiger partial charge < -0.3 is 10.4 Å². The summed E-state index contributed by atoms with van der Waals surface area (Å²) in [6, 6.07) is 4.78. The molecule has 0 spiro atoms. The van der Waals surface area contributed by atoms with Crippen molar-refractivity contribution in [3.05, 3.63) is 29.3 Å². The van der Waals surface area contributed by atoms with Crippen LogP contribution in [0.1, 0.15) is 80.6 Å². The van der Waals surface area contributed by atoms with Crippen LogP contribution in [-0.2, 0) is 4.79 Å². The number of rotatable bonds is 11. The van der Waals surface area contributed by atoms with Crippen molar-refractivity contribution >= 4 is 17.6 Å². The number of aryl methyl sites for hydroxylation is 1. The maximum absolute atomic E-state index is 12.0. The molecule has 0 radical (unpaired) electrons. The second kappa shape index (κ2) is 10.8. The van der Waals surface area contributed by atoms with E-state index in [0.717, 1.165) is 18.4 Å². The van der Waals surface area contributed by atoms with Gasteiger partial charge in [0.15, 0.2) is 0 Å². The molecule has 4 nitrogen and oxygen atoms in total. The second-order valence-electron chi connectivity index (χ2n) is 6.11. The lowest BCUT2D eigenvalue weighted by Crippen LogP contribution is -2.12. The molecule has 0 saturated carbocycles. The molecule has 4 heteroatoms. The van der Waals surface area contributed by atoms with Crippen molar-refractivity contribution < 1.29 is 14.7 Å². The van der Waals surface area contributed by atoms with Crippen LogP contribution in [0.5, 0.6) is 0 Å². The van der Waals surface area contributed by atoms with Gasteiger partial charge >= 0.3 is 5.97 Å². The number of unbranched alkanes of at least 4 members (excludes halogenated alkanes) is 7. The first-order valence-electron chi connectivity index (χ1n) is 8.68. The molecule has 0 aliphatic heterocycles. The Hall–Kier alpha value is -1.84. The van der Waals surface area contributed by atoms with Crippen molar-refractivity contribution in [2.75, 3.05) is 5.32 Å². The molecule has 1 aromatic rings. The standard InChI is InChI=1S/C19H29NO3/c1-3-4-5-6-7-8-9-10-11-18(21)20-17-14-16(19(22)23)13-12-15(17)2/h12-14H,3-11H2,1-2H3,(H,20,21)(H,22,23). The highest BCUT2D eigenvalue weighted by atomic mass is 16.4. The van der Waals surface area contributed by atoms with Crippen LogP contribution in [0.25, 0.3) is 0 Å². The topological polar surface area (TPSA) is 66.4 Å². The number of carbonyl (C=O) groups is 2. The molecule has 128 valence electrons. The maximum Gasteiger partial charge on any atom is 0.335 e. The van der Waals surface area contributed by atoms with Crippen LogP contribution in [0.4, 0.5) is 5.69 Å². The number of carbonyl (C=O) groups excluding carboxylic acids is 1. The third-order valence-electron chi connectivity index (χ3n) is 4.02. The molecule has 0 heterocycles. The minimum absolute atomic E-state index is 0.0402. The zero-order valence-electron chi connectivity index (χ0n) is 14.4. The molecular weight excluding hydrogens is 290 g/mol. The number of benzene rings is 1. The molecule has 0 unspecified atom stereocenters. The second-order valence-corrected chi connectivity index (χ2v) is 6.11. The van der Waals surface area contributed by atoms with Gasteiger partial charge in [0.25, 0.3) is 0 Å². The SMILES string of the molecule is CCCCCCCCCCC(=O)Nc1cc(C(=O)O)ccc1C. The van der Waals surface area contributed by atoms with Crippen molar-refractivity contribution in [2.24, 2.45) is 0 Å². The van der Waals surface area contributed by atoms with Gasteiger partial charge in [0, 0.05) is 12.1 Å². The third-order valence-corrected chi connectivity index (χ3v) is 4.02. The van der Waals surface area contributed by atoms with Crippen LogP contribution in [0.3, 0.4) is 0 Å². The summed E-state index contributed by atoms with van der Waals surface area (Å²) >= 11 is 0. The molecule has 0 bridgehead atoms. The van der Waals surface area contributed by atoms with Crippen LogP contribution in [0.2, 0.25) is 0 Å². The molecule has 0 fully saturated rings. The Bertz CT molecular complexity index is 511. The van der Waals surface area contributed by atoms with E-state index in [-0.39, 0.29) is 11.5 Å². The third kappa shape index (κ3) is 7.82. The average Bonchev–Trinajstić information content (AvgIpc) is 2.52. The molecule has 23 heavy (non-hydrogen) atoms. The summed E-state index contributed by atoms with van der Waals surface area (Å²) in [6.07, 6.45) is 10.1. The molecular formula is C19H29NO3. The summed E-state index contributed by atoms with van der Waals surface area (Å²) in [4.78, 5) is 22.9. The van der Waals surface area contributed by atoms with E-state index in [1.165, 1.54) is 44.6 Å². The monoisotopic (exact) mass is 319 g/mol. The highest BCUT2D eigenvalue weighted by Crippen LogP contribution is 2.18. The van der Waals surface area contributed by atoms with Gasteiger partial charge in [-0.2, -0.15) is 0 Å². The van der Waals surface area contributed by atoms with E-state index in [4.69, 9.17) is 5.11 Å². The number of anilines is 1. The molecule has 1 aromatic carbocycles. The summed E-state index contributed by atoms with van der Waals surface area (Å²) in [5.74, 6) is -1.02. The van der Waals surface area contributed by atoms with Crippen molar-refractivity contribution in [1.82, 2.24) is 0 Å². The van der Waals surface area contributed by atoms with Gasteiger partial charge in [-0.3, -0.25) is 4.79 Å². The number of hydrogen-bond donors (Lipinski definition) is 2. The van der Waals surface area contributed by atoms with Crippen molar-refractivity contribution in [3.63, 3.8) is 0 Å². The van der Waals surface area contributed by atoms with Gasteiger partial charge in [0.2, 0.25) is 5.91 Å². The van der Waals surface area contributed by atoms with Crippen LogP contribution < -0.4 is 5.32 Å². The quantitative estimate of drug-likeness (QED) is 0.553. The highest BCUT2D eigenvalue weighted by molar-refractivity contribution is 5.94. The molecule has 0 aliphatic carbocycles. The van der Waals surface area contributed by atoms with Crippen LogP contribution in [-0.4, -0.2) is 17.0 Å². The minimum atomic E-state index is -0.983. The van der Waals surface area contributed by atoms with Gasteiger partial charge in [0.1, 0.15) is 0 Å². The van der Waals surface area contributed by atoms with Crippen LogP contribution in [0, 0.1) is 6.92 Å².